The molecule has 0 fully saturated rings. The smallest absolute Gasteiger partial charge is 0.164 e. The maximum absolute atomic E-state index is 11.7. The molecule has 0 amide bonds. The highest BCUT2D eigenvalue weighted by Gasteiger charge is 2.05. The van der Waals surface area contributed by atoms with Crippen molar-refractivity contribution in [1.29, 1.82) is 0 Å². The second kappa shape index (κ2) is 6.71. The molecule has 2 nitrogen and oxygen atoms in total. The maximum Gasteiger partial charge on any atom is 0.164 e. The van der Waals surface area contributed by atoms with Gasteiger partial charge < -0.3 is 5.32 Å². The van der Waals surface area contributed by atoms with Gasteiger partial charge in [0.2, 0.25) is 0 Å². The van der Waals surface area contributed by atoms with E-state index in [-0.39, 0.29) is 5.78 Å². The monoisotopic (exact) mass is 237 g/mol. The summed E-state index contributed by atoms with van der Waals surface area (Å²) in [4.78, 5) is 12.9. The van der Waals surface area contributed by atoms with Crippen LogP contribution in [0.15, 0.2) is 29.2 Å². The SMILES string of the molecule is CNCCC(=O)c1ccc(SC(C)C)cc1. The molecule has 0 saturated heterocycles. The van der Waals surface area contributed by atoms with E-state index in [1.165, 1.54) is 4.90 Å². The normalized spacial score (nSPS) is 10.8. The molecule has 0 saturated carbocycles. The molecule has 88 valence electrons. The molecule has 0 bridgehead atoms. The van der Waals surface area contributed by atoms with Crippen LogP contribution in [0.5, 0.6) is 0 Å². The van der Waals surface area contributed by atoms with Gasteiger partial charge in [-0.05, 0) is 19.2 Å². The molecule has 0 aliphatic rings. The van der Waals surface area contributed by atoms with E-state index < -0.39 is 0 Å². The molecular weight excluding hydrogens is 218 g/mol. The van der Waals surface area contributed by atoms with Gasteiger partial charge in [-0.15, -0.1) is 11.8 Å². The first-order chi connectivity index (χ1) is 7.63. The summed E-state index contributed by atoms with van der Waals surface area (Å²) in [6, 6.07) is 7.89. The largest absolute Gasteiger partial charge is 0.319 e. The first-order valence-corrected chi connectivity index (χ1v) is 6.46. The van der Waals surface area contributed by atoms with Crippen LogP contribution in [0.4, 0.5) is 0 Å². The van der Waals surface area contributed by atoms with Gasteiger partial charge in [0.25, 0.3) is 0 Å². The quantitative estimate of drug-likeness (QED) is 0.609. The zero-order valence-electron chi connectivity index (χ0n) is 10.1. The van der Waals surface area contributed by atoms with Gasteiger partial charge in [-0.1, -0.05) is 26.0 Å². The molecule has 16 heavy (non-hydrogen) atoms. The van der Waals surface area contributed by atoms with Crippen LogP contribution in [0.25, 0.3) is 0 Å². The molecule has 0 heterocycles. The molecule has 1 N–H and O–H groups in total. The van der Waals surface area contributed by atoms with Gasteiger partial charge in [0.1, 0.15) is 0 Å². The molecule has 1 aromatic carbocycles. The van der Waals surface area contributed by atoms with Crippen LogP contribution in [-0.2, 0) is 0 Å². The van der Waals surface area contributed by atoms with Crippen LogP contribution >= 0.6 is 11.8 Å². The van der Waals surface area contributed by atoms with E-state index in [1.54, 1.807) is 0 Å². The van der Waals surface area contributed by atoms with E-state index >= 15 is 0 Å². The minimum atomic E-state index is 0.204. The number of thioether (sulfide) groups is 1. The Morgan fingerprint density at radius 2 is 1.94 bits per heavy atom. The lowest BCUT2D eigenvalue weighted by Crippen LogP contribution is -2.12. The van der Waals surface area contributed by atoms with E-state index in [0.29, 0.717) is 11.7 Å². The highest BCUT2D eigenvalue weighted by Crippen LogP contribution is 2.23. The van der Waals surface area contributed by atoms with Gasteiger partial charge in [0.05, 0.1) is 0 Å². The Balaban J connectivity index is 2.60. The van der Waals surface area contributed by atoms with Gasteiger partial charge in [-0.2, -0.15) is 0 Å². The number of nitrogens with one attached hydrogen (secondary N) is 1. The van der Waals surface area contributed by atoms with Crippen molar-refractivity contribution in [1.82, 2.24) is 5.32 Å². The van der Waals surface area contributed by atoms with Crippen LogP contribution < -0.4 is 5.32 Å². The number of rotatable bonds is 6. The van der Waals surface area contributed by atoms with Gasteiger partial charge in [0.15, 0.2) is 5.78 Å². The van der Waals surface area contributed by atoms with E-state index in [1.807, 2.05) is 43.1 Å². The molecule has 0 unspecified atom stereocenters. The van der Waals surface area contributed by atoms with Crippen molar-refractivity contribution in [3.63, 3.8) is 0 Å². The number of carbonyl (C=O) groups is 1. The highest BCUT2D eigenvalue weighted by molar-refractivity contribution is 7.99. The van der Waals surface area contributed by atoms with Crippen molar-refractivity contribution >= 4 is 17.5 Å². The third-order valence-corrected chi connectivity index (χ3v) is 3.17. The fourth-order valence-corrected chi connectivity index (χ4v) is 2.21. The second-order valence-corrected chi connectivity index (χ2v) is 5.62. The van der Waals surface area contributed by atoms with Crippen LogP contribution in [0.2, 0.25) is 0 Å². The van der Waals surface area contributed by atoms with Crippen molar-refractivity contribution < 1.29 is 4.79 Å². The summed E-state index contributed by atoms with van der Waals surface area (Å²) in [5, 5.41) is 3.56. The number of hydrogen-bond donors (Lipinski definition) is 1. The van der Waals surface area contributed by atoms with E-state index in [0.717, 1.165) is 12.1 Å². The zero-order chi connectivity index (χ0) is 12.0. The van der Waals surface area contributed by atoms with Crippen molar-refractivity contribution in [2.75, 3.05) is 13.6 Å². The summed E-state index contributed by atoms with van der Waals surface area (Å²) in [7, 11) is 1.86. The Bertz CT molecular complexity index is 332. The number of benzene rings is 1. The van der Waals surface area contributed by atoms with E-state index in [9.17, 15) is 4.79 Å². The molecule has 0 radical (unpaired) electrons. The Morgan fingerprint density at radius 1 is 1.31 bits per heavy atom. The molecule has 3 heteroatoms. The number of hydrogen-bond acceptors (Lipinski definition) is 3. The molecule has 1 aromatic rings. The average molecular weight is 237 g/mol. The fraction of sp³-hybridized carbons (Fsp3) is 0.462. The second-order valence-electron chi connectivity index (χ2n) is 3.97. The predicted octanol–water partition coefficient (Wildman–Crippen LogP) is 2.98. The maximum atomic E-state index is 11.7. The predicted molar refractivity (Wildman–Crippen MR) is 70.3 cm³/mol. The summed E-state index contributed by atoms with van der Waals surface area (Å²) < 4.78 is 0. The number of carbonyl (C=O) groups excluding carboxylic acids is 1. The molecule has 0 aliphatic heterocycles. The molecular formula is C13H19NOS. The molecule has 0 atom stereocenters. The van der Waals surface area contributed by atoms with Crippen molar-refractivity contribution in [2.24, 2.45) is 0 Å². The first kappa shape index (κ1) is 13.3. The fourth-order valence-electron chi connectivity index (χ4n) is 1.37. The summed E-state index contributed by atoms with van der Waals surface area (Å²) in [5.74, 6) is 0.204. The van der Waals surface area contributed by atoms with Gasteiger partial charge in [-0.25, -0.2) is 0 Å². The van der Waals surface area contributed by atoms with Crippen LogP contribution in [0.3, 0.4) is 0 Å². The van der Waals surface area contributed by atoms with Crippen molar-refractivity contribution in [2.45, 2.75) is 30.4 Å². The van der Waals surface area contributed by atoms with E-state index in [4.69, 9.17) is 0 Å². The lowest BCUT2D eigenvalue weighted by molar-refractivity contribution is 0.0983. The summed E-state index contributed by atoms with van der Waals surface area (Å²) in [6.45, 7) is 5.06. The summed E-state index contributed by atoms with van der Waals surface area (Å²) in [5.41, 5.74) is 0.809. The molecule has 0 aliphatic carbocycles. The molecule has 0 aromatic heterocycles. The third kappa shape index (κ3) is 4.37. The van der Waals surface area contributed by atoms with E-state index in [2.05, 4.69) is 19.2 Å². The molecule has 1 rings (SSSR count). The summed E-state index contributed by atoms with van der Waals surface area (Å²) >= 11 is 1.81. The van der Waals surface area contributed by atoms with Crippen molar-refractivity contribution in [3.8, 4) is 0 Å². The average Bonchev–Trinajstić information content (AvgIpc) is 2.26. The Labute approximate surface area is 102 Å². The molecule has 0 spiro atoms. The van der Waals surface area contributed by atoms with Gasteiger partial charge in [-0.3, -0.25) is 4.79 Å². The highest BCUT2D eigenvalue weighted by atomic mass is 32.2. The Hall–Kier alpha value is -0.800. The standard InChI is InChI=1S/C13H19NOS/c1-10(2)16-12-6-4-11(5-7-12)13(15)8-9-14-3/h4-7,10,14H,8-9H2,1-3H3. The van der Waals surface area contributed by atoms with Crippen LogP contribution in [0.1, 0.15) is 30.6 Å². The number of ketones is 1. The van der Waals surface area contributed by atoms with Crippen LogP contribution in [-0.4, -0.2) is 24.6 Å². The Morgan fingerprint density at radius 3 is 2.44 bits per heavy atom. The third-order valence-electron chi connectivity index (χ3n) is 2.15. The van der Waals surface area contributed by atoms with Crippen LogP contribution in [0, 0.1) is 0 Å². The van der Waals surface area contributed by atoms with Gasteiger partial charge >= 0.3 is 0 Å². The zero-order valence-corrected chi connectivity index (χ0v) is 10.9. The lowest BCUT2D eigenvalue weighted by atomic mass is 10.1. The number of Topliss-reactive ketones (excluding diaryl/α,β-unsaturated/α-hetero) is 1. The minimum Gasteiger partial charge on any atom is -0.319 e. The van der Waals surface area contributed by atoms with Crippen molar-refractivity contribution in [3.05, 3.63) is 29.8 Å². The first-order valence-electron chi connectivity index (χ1n) is 5.58. The summed E-state index contributed by atoms with van der Waals surface area (Å²) in [6.07, 6.45) is 0.563. The Kier molecular flexibility index (Phi) is 5.56. The van der Waals surface area contributed by atoms with Gasteiger partial charge in [0, 0.05) is 28.7 Å². The minimum absolute atomic E-state index is 0.204. The topological polar surface area (TPSA) is 29.1 Å². The lowest BCUT2D eigenvalue weighted by Gasteiger charge is -2.05.